The zero-order chi connectivity index (χ0) is 18.1. The highest BCUT2D eigenvalue weighted by Crippen LogP contribution is 2.32. The Morgan fingerprint density at radius 3 is 2.62 bits per heavy atom. The summed E-state index contributed by atoms with van der Waals surface area (Å²) in [7, 11) is 0. The lowest BCUT2D eigenvalue weighted by molar-refractivity contribution is 0.451. The van der Waals surface area contributed by atoms with E-state index in [0.717, 1.165) is 11.6 Å². The SMILES string of the molecule is Fc1cc(F)cc(-c2noc3ncnc(NCc4cccc(Cl)c4)c23)c1. The number of anilines is 1. The van der Waals surface area contributed by atoms with E-state index in [1.165, 1.54) is 18.5 Å². The van der Waals surface area contributed by atoms with Gasteiger partial charge in [0.2, 0.25) is 0 Å². The Kier molecular flexibility index (Phi) is 4.22. The van der Waals surface area contributed by atoms with Gasteiger partial charge in [-0.3, -0.25) is 0 Å². The number of rotatable bonds is 4. The molecular formula is C18H11ClF2N4O. The van der Waals surface area contributed by atoms with Gasteiger partial charge in [-0.25, -0.2) is 13.8 Å². The number of aromatic nitrogens is 3. The molecular weight excluding hydrogens is 362 g/mol. The molecule has 2 heterocycles. The van der Waals surface area contributed by atoms with Gasteiger partial charge < -0.3 is 9.84 Å². The minimum atomic E-state index is -0.707. The van der Waals surface area contributed by atoms with E-state index in [-0.39, 0.29) is 17.0 Å². The Labute approximate surface area is 151 Å². The molecule has 0 amide bonds. The van der Waals surface area contributed by atoms with Crippen LogP contribution in [-0.4, -0.2) is 15.1 Å². The number of nitrogens with zero attached hydrogens (tertiary/aromatic N) is 3. The first-order valence-corrected chi connectivity index (χ1v) is 8.03. The fourth-order valence-electron chi connectivity index (χ4n) is 2.64. The van der Waals surface area contributed by atoms with Crippen LogP contribution in [-0.2, 0) is 6.54 Å². The second-order valence-electron chi connectivity index (χ2n) is 5.58. The topological polar surface area (TPSA) is 63.8 Å². The molecule has 26 heavy (non-hydrogen) atoms. The second-order valence-corrected chi connectivity index (χ2v) is 6.01. The highest BCUT2D eigenvalue weighted by molar-refractivity contribution is 6.30. The average molecular weight is 373 g/mol. The summed E-state index contributed by atoms with van der Waals surface area (Å²) in [5.41, 5.74) is 1.65. The number of nitrogens with one attached hydrogen (secondary N) is 1. The van der Waals surface area contributed by atoms with Gasteiger partial charge in [0.25, 0.3) is 5.71 Å². The molecule has 4 aromatic rings. The zero-order valence-corrected chi connectivity index (χ0v) is 14.0. The predicted molar refractivity (Wildman–Crippen MR) is 93.7 cm³/mol. The highest BCUT2D eigenvalue weighted by atomic mass is 35.5. The van der Waals surface area contributed by atoms with Crippen molar-refractivity contribution in [3.05, 3.63) is 71.0 Å². The zero-order valence-electron chi connectivity index (χ0n) is 13.2. The summed E-state index contributed by atoms with van der Waals surface area (Å²) in [5.74, 6) is -0.973. The maximum atomic E-state index is 13.6. The molecule has 0 saturated carbocycles. The van der Waals surface area contributed by atoms with Crippen LogP contribution in [0.3, 0.4) is 0 Å². The summed E-state index contributed by atoms with van der Waals surface area (Å²) in [6.07, 6.45) is 1.32. The highest BCUT2D eigenvalue weighted by Gasteiger charge is 2.18. The monoisotopic (exact) mass is 372 g/mol. The third-order valence-electron chi connectivity index (χ3n) is 3.76. The van der Waals surface area contributed by atoms with Gasteiger partial charge in [-0.15, -0.1) is 0 Å². The Balaban J connectivity index is 1.74. The lowest BCUT2D eigenvalue weighted by Crippen LogP contribution is -2.02. The first-order valence-electron chi connectivity index (χ1n) is 7.65. The molecule has 0 bridgehead atoms. The van der Waals surface area contributed by atoms with Crippen molar-refractivity contribution in [3.63, 3.8) is 0 Å². The maximum absolute atomic E-state index is 13.6. The molecule has 2 aromatic carbocycles. The van der Waals surface area contributed by atoms with Crippen LogP contribution < -0.4 is 5.32 Å². The van der Waals surface area contributed by atoms with E-state index in [4.69, 9.17) is 16.1 Å². The number of halogens is 3. The molecule has 0 saturated heterocycles. The second kappa shape index (κ2) is 6.68. The quantitative estimate of drug-likeness (QED) is 0.556. The van der Waals surface area contributed by atoms with Gasteiger partial charge in [0, 0.05) is 23.2 Å². The third-order valence-corrected chi connectivity index (χ3v) is 3.99. The minimum absolute atomic E-state index is 0.216. The lowest BCUT2D eigenvalue weighted by atomic mass is 10.1. The van der Waals surface area contributed by atoms with Crippen LogP contribution in [0.1, 0.15) is 5.56 Å². The summed E-state index contributed by atoms with van der Waals surface area (Å²) in [6.45, 7) is 0.439. The molecule has 0 aliphatic heterocycles. The van der Waals surface area contributed by atoms with Gasteiger partial charge in [-0.2, -0.15) is 4.98 Å². The molecule has 0 unspecified atom stereocenters. The smallest absolute Gasteiger partial charge is 0.263 e. The average Bonchev–Trinajstić information content (AvgIpc) is 3.04. The van der Waals surface area contributed by atoms with Gasteiger partial charge >= 0.3 is 0 Å². The normalized spacial score (nSPS) is 11.0. The van der Waals surface area contributed by atoms with Crippen LogP contribution in [0.15, 0.2) is 53.3 Å². The van der Waals surface area contributed by atoms with Crippen molar-refractivity contribution in [1.82, 2.24) is 15.1 Å². The third kappa shape index (κ3) is 3.21. The molecule has 0 atom stereocenters. The number of fused-ring (bicyclic) bond motifs is 1. The van der Waals surface area contributed by atoms with Crippen molar-refractivity contribution in [3.8, 4) is 11.3 Å². The van der Waals surface area contributed by atoms with Gasteiger partial charge in [-0.05, 0) is 29.8 Å². The van der Waals surface area contributed by atoms with Gasteiger partial charge in [-0.1, -0.05) is 28.9 Å². The van der Waals surface area contributed by atoms with Gasteiger partial charge in [0.1, 0.15) is 34.9 Å². The van der Waals surface area contributed by atoms with Gasteiger partial charge in [0.15, 0.2) is 0 Å². The van der Waals surface area contributed by atoms with Crippen LogP contribution in [0.5, 0.6) is 0 Å². The minimum Gasteiger partial charge on any atom is -0.365 e. The molecule has 0 aliphatic rings. The molecule has 1 N–H and O–H groups in total. The predicted octanol–water partition coefficient (Wildman–Crippen LogP) is 4.83. The van der Waals surface area contributed by atoms with Crippen molar-refractivity contribution in [2.45, 2.75) is 6.54 Å². The van der Waals surface area contributed by atoms with Crippen LogP contribution in [0.2, 0.25) is 5.02 Å². The molecule has 0 fully saturated rings. The van der Waals surface area contributed by atoms with E-state index >= 15 is 0 Å². The molecule has 0 aliphatic carbocycles. The first kappa shape index (κ1) is 16.4. The van der Waals surface area contributed by atoms with E-state index in [1.807, 2.05) is 18.2 Å². The molecule has 130 valence electrons. The summed E-state index contributed by atoms with van der Waals surface area (Å²) < 4.78 is 32.3. The summed E-state index contributed by atoms with van der Waals surface area (Å²) in [6, 6.07) is 10.5. The van der Waals surface area contributed by atoms with E-state index in [0.29, 0.717) is 22.8 Å². The lowest BCUT2D eigenvalue weighted by Gasteiger charge is -2.07. The fraction of sp³-hybridized carbons (Fsp3) is 0.0556. The number of hydrogen-bond donors (Lipinski definition) is 1. The summed E-state index contributed by atoms with van der Waals surface area (Å²) in [5, 5.41) is 8.13. The number of benzene rings is 2. The first-order chi connectivity index (χ1) is 12.6. The van der Waals surface area contributed by atoms with E-state index in [1.54, 1.807) is 6.07 Å². The largest absolute Gasteiger partial charge is 0.365 e. The molecule has 4 rings (SSSR count). The van der Waals surface area contributed by atoms with E-state index in [2.05, 4.69) is 20.4 Å². The Morgan fingerprint density at radius 1 is 1.04 bits per heavy atom. The molecule has 0 radical (unpaired) electrons. The molecule has 5 nitrogen and oxygen atoms in total. The molecule has 2 aromatic heterocycles. The van der Waals surface area contributed by atoms with Crippen LogP contribution in [0, 0.1) is 11.6 Å². The maximum Gasteiger partial charge on any atom is 0.263 e. The fourth-order valence-corrected chi connectivity index (χ4v) is 2.85. The van der Waals surface area contributed by atoms with Crippen molar-refractivity contribution in [2.75, 3.05) is 5.32 Å². The standard InChI is InChI=1S/C18H11ClF2N4O/c19-12-3-1-2-10(4-12)8-22-17-15-16(25-26-18(15)24-9-23-17)11-5-13(20)7-14(21)6-11/h1-7,9H,8H2,(H,22,23,24). The Bertz CT molecular complexity index is 1080. The van der Waals surface area contributed by atoms with Crippen molar-refractivity contribution < 1.29 is 13.3 Å². The summed E-state index contributed by atoms with van der Waals surface area (Å²) in [4.78, 5) is 8.22. The van der Waals surface area contributed by atoms with Crippen LogP contribution in [0.4, 0.5) is 14.6 Å². The molecule has 0 spiro atoms. The van der Waals surface area contributed by atoms with Crippen molar-refractivity contribution in [1.29, 1.82) is 0 Å². The molecule has 8 heteroatoms. The summed E-state index contributed by atoms with van der Waals surface area (Å²) >= 11 is 5.99. The van der Waals surface area contributed by atoms with E-state index < -0.39 is 11.6 Å². The number of hydrogen-bond acceptors (Lipinski definition) is 5. The Morgan fingerprint density at radius 2 is 1.85 bits per heavy atom. The van der Waals surface area contributed by atoms with Gasteiger partial charge in [0.05, 0.1) is 0 Å². The Hall–Kier alpha value is -3.06. The van der Waals surface area contributed by atoms with Crippen LogP contribution in [0.25, 0.3) is 22.4 Å². The van der Waals surface area contributed by atoms with Crippen molar-refractivity contribution in [2.24, 2.45) is 0 Å². The van der Waals surface area contributed by atoms with Crippen LogP contribution >= 0.6 is 11.6 Å². The van der Waals surface area contributed by atoms with E-state index in [9.17, 15) is 8.78 Å². The van der Waals surface area contributed by atoms with Crippen molar-refractivity contribution >= 4 is 28.5 Å².